The number of benzene rings is 1. The van der Waals surface area contributed by atoms with Gasteiger partial charge >= 0.3 is 0 Å². The Labute approximate surface area is 98.6 Å². The van der Waals surface area contributed by atoms with Crippen molar-refractivity contribution in [2.45, 2.75) is 27.2 Å². The van der Waals surface area contributed by atoms with Gasteiger partial charge < -0.3 is 5.73 Å². The SMILES string of the molecule is CCC(C)/C(C(C)=O)=C(/N)c1ccccc1.[HH]. The fourth-order valence-corrected chi connectivity index (χ4v) is 1.78. The van der Waals surface area contributed by atoms with Gasteiger partial charge in [-0.3, -0.25) is 4.79 Å². The summed E-state index contributed by atoms with van der Waals surface area (Å²) in [4.78, 5) is 11.6. The van der Waals surface area contributed by atoms with Crippen molar-refractivity contribution < 1.29 is 6.22 Å². The molecule has 2 nitrogen and oxygen atoms in total. The smallest absolute Gasteiger partial charge is 0.158 e. The molecule has 0 aromatic heterocycles. The molecule has 1 aromatic carbocycles. The van der Waals surface area contributed by atoms with Gasteiger partial charge in [-0.05, 0) is 24.8 Å². The maximum absolute atomic E-state index is 11.6. The number of carbonyl (C=O) groups is 1. The third kappa shape index (κ3) is 2.72. The first-order chi connectivity index (χ1) is 7.57. The van der Waals surface area contributed by atoms with E-state index in [0.717, 1.165) is 17.6 Å². The first-order valence-corrected chi connectivity index (χ1v) is 5.63. The summed E-state index contributed by atoms with van der Waals surface area (Å²) < 4.78 is 0. The van der Waals surface area contributed by atoms with Crippen LogP contribution in [0.2, 0.25) is 0 Å². The van der Waals surface area contributed by atoms with E-state index in [1.165, 1.54) is 0 Å². The second-order valence-corrected chi connectivity index (χ2v) is 4.06. The fraction of sp³-hybridized carbons (Fsp3) is 0.357. The number of allylic oxidation sites excluding steroid dienone is 1. The van der Waals surface area contributed by atoms with E-state index in [9.17, 15) is 4.79 Å². The fourth-order valence-electron chi connectivity index (χ4n) is 1.78. The zero-order valence-corrected chi connectivity index (χ0v) is 10.2. The maximum Gasteiger partial charge on any atom is 0.158 e. The van der Waals surface area contributed by atoms with Gasteiger partial charge in [0.15, 0.2) is 5.78 Å². The van der Waals surface area contributed by atoms with Crippen LogP contribution in [0.4, 0.5) is 0 Å². The number of carbonyl (C=O) groups excluding carboxylic acids is 1. The average molecular weight is 219 g/mol. The minimum atomic E-state index is 0. The average Bonchev–Trinajstić information content (AvgIpc) is 2.29. The molecule has 88 valence electrons. The molecule has 2 heteroatoms. The van der Waals surface area contributed by atoms with Crippen LogP contribution < -0.4 is 5.73 Å². The standard InChI is InChI=1S/C14H19NO.H2/c1-4-10(2)13(11(3)16)14(15)12-8-6-5-7-9-12;/h5-10H,4,15H2,1-3H3;1H/b14-13-;. The molecule has 0 saturated heterocycles. The molecule has 0 heterocycles. The minimum Gasteiger partial charge on any atom is -0.398 e. The van der Waals surface area contributed by atoms with Gasteiger partial charge in [0.05, 0.1) is 0 Å². The van der Waals surface area contributed by atoms with Crippen molar-refractivity contribution in [1.82, 2.24) is 0 Å². The Morgan fingerprint density at radius 3 is 2.38 bits per heavy atom. The molecular weight excluding hydrogens is 198 g/mol. The van der Waals surface area contributed by atoms with Crippen molar-refractivity contribution in [2.75, 3.05) is 0 Å². The topological polar surface area (TPSA) is 43.1 Å². The zero-order chi connectivity index (χ0) is 12.1. The van der Waals surface area contributed by atoms with E-state index in [2.05, 4.69) is 6.92 Å². The van der Waals surface area contributed by atoms with Gasteiger partial charge in [-0.25, -0.2) is 0 Å². The van der Waals surface area contributed by atoms with E-state index in [-0.39, 0.29) is 13.1 Å². The van der Waals surface area contributed by atoms with Gasteiger partial charge in [0.25, 0.3) is 0 Å². The van der Waals surface area contributed by atoms with Gasteiger partial charge in [-0.15, -0.1) is 0 Å². The Bertz CT molecular complexity index is 398. The molecule has 1 aromatic rings. The van der Waals surface area contributed by atoms with Crippen LogP contribution in [0.25, 0.3) is 5.70 Å². The largest absolute Gasteiger partial charge is 0.398 e. The van der Waals surface area contributed by atoms with Gasteiger partial charge in [-0.1, -0.05) is 44.2 Å². The van der Waals surface area contributed by atoms with Crippen molar-refractivity contribution in [2.24, 2.45) is 11.7 Å². The van der Waals surface area contributed by atoms with Gasteiger partial charge in [0, 0.05) is 12.7 Å². The minimum absolute atomic E-state index is 0. The summed E-state index contributed by atoms with van der Waals surface area (Å²) in [5.74, 6) is 0.272. The molecule has 16 heavy (non-hydrogen) atoms. The van der Waals surface area contributed by atoms with Crippen molar-refractivity contribution in [3.05, 3.63) is 41.5 Å². The molecule has 0 aliphatic heterocycles. The molecule has 0 saturated carbocycles. The Morgan fingerprint density at radius 2 is 1.94 bits per heavy atom. The zero-order valence-electron chi connectivity index (χ0n) is 10.2. The summed E-state index contributed by atoms with van der Waals surface area (Å²) in [5, 5.41) is 0. The lowest BCUT2D eigenvalue weighted by Gasteiger charge is -2.15. The monoisotopic (exact) mass is 219 g/mol. The third-order valence-corrected chi connectivity index (χ3v) is 2.86. The van der Waals surface area contributed by atoms with Gasteiger partial charge in [0.1, 0.15) is 0 Å². The van der Waals surface area contributed by atoms with Crippen LogP contribution in [-0.4, -0.2) is 5.78 Å². The molecule has 0 aliphatic rings. The highest BCUT2D eigenvalue weighted by atomic mass is 16.1. The quantitative estimate of drug-likeness (QED) is 0.790. The molecule has 0 amide bonds. The van der Waals surface area contributed by atoms with Crippen LogP contribution in [0, 0.1) is 5.92 Å². The van der Waals surface area contributed by atoms with E-state index in [0.29, 0.717) is 5.70 Å². The Hall–Kier alpha value is -1.57. The first-order valence-electron chi connectivity index (χ1n) is 5.63. The summed E-state index contributed by atoms with van der Waals surface area (Å²) in [6, 6.07) is 9.65. The van der Waals surface area contributed by atoms with Crippen molar-refractivity contribution in [3.8, 4) is 0 Å². The summed E-state index contributed by atoms with van der Waals surface area (Å²) in [6.45, 7) is 5.68. The molecule has 0 aliphatic carbocycles. The van der Waals surface area contributed by atoms with Crippen molar-refractivity contribution in [3.63, 3.8) is 0 Å². The lowest BCUT2D eigenvalue weighted by atomic mass is 9.91. The van der Waals surface area contributed by atoms with Crippen LogP contribution in [-0.2, 0) is 4.79 Å². The molecule has 0 spiro atoms. The molecule has 1 atom stereocenters. The highest BCUT2D eigenvalue weighted by molar-refractivity contribution is 6.00. The normalized spacial score (nSPS) is 14.2. The summed E-state index contributed by atoms with van der Waals surface area (Å²) in [5.41, 5.74) is 8.36. The van der Waals surface area contributed by atoms with Crippen LogP contribution in [0.5, 0.6) is 0 Å². The molecule has 0 radical (unpaired) electrons. The second-order valence-electron chi connectivity index (χ2n) is 4.06. The molecule has 0 fully saturated rings. The summed E-state index contributed by atoms with van der Waals surface area (Å²) in [6.07, 6.45) is 0.919. The Kier molecular flexibility index (Phi) is 4.29. The first kappa shape index (κ1) is 12.5. The highest BCUT2D eigenvalue weighted by Crippen LogP contribution is 2.22. The number of nitrogens with two attached hydrogens (primary N) is 1. The molecule has 1 rings (SSSR count). The van der Waals surface area contributed by atoms with E-state index < -0.39 is 0 Å². The van der Waals surface area contributed by atoms with Gasteiger partial charge in [-0.2, -0.15) is 0 Å². The van der Waals surface area contributed by atoms with E-state index in [1.54, 1.807) is 6.92 Å². The summed E-state index contributed by atoms with van der Waals surface area (Å²) >= 11 is 0. The molecular formula is C14H21NO. The number of Topliss-reactive ketones (excluding diaryl/α,β-unsaturated/α-hetero) is 1. The third-order valence-electron chi connectivity index (χ3n) is 2.86. The van der Waals surface area contributed by atoms with Crippen LogP contribution >= 0.6 is 0 Å². The number of hydrogen-bond donors (Lipinski definition) is 1. The Balaban J connectivity index is 0.00000256. The van der Waals surface area contributed by atoms with Crippen LogP contribution in [0.3, 0.4) is 0 Å². The molecule has 2 N–H and O–H groups in total. The second kappa shape index (κ2) is 5.50. The molecule has 1 unspecified atom stereocenters. The number of hydrogen-bond acceptors (Lipinski definition) is 2. The molecule has 0 bridgehead atoms. The van der Waals surface area contributed by atoms with E-state index in [1.807, 2.05) is 37.3 Å². The van der Waals surface area contributed by atoms with Crippen LogP contribution in [0.15, 0.2) is 35.9 Å². The van der Waals surface area contributed by atoms with Crippen LogP contribution in [0.1, 0.15) is 34.2 Å². The van der Waals surface area contributed by atoms with E-state index in [4.69, 9.17) is 5.73 Å². The maximum atomic E-state index is 11.6. The lowest BCUT2D eigenvalue weighted by molar-refractivity contribution is -0.114. The van der Waals surface area contributed by atoms with E-state index >= 15 is 0 Å². The predicted octanol–water partition coefficient (Wildman–Crippen LogP) is 3.24. The Morgan fingerprint density at radius 1 is 1.38 bits per heavy atom. The number of rotatable bonds is 4. The van der Waals surface area contributed by atoms with Gasteiger partial charge in [0.2, 0.25) is 0 Å². The lowest BCUT2D eigenvalue weighted by Crippen LogP contribution is -2.14. The predicted molar refractivity (Wildman–Crippen MR) is 69.8 cm³/mol. The van der Waals surface area contributed by atoms with Crippen molar-refractivity contribution in [1.29, 1.82) is 0 Å². The highest BCUT2D eigenvalue weighted by Gasteiger charge is 2.16. The van der Waals surface area contributed by atoms with Crippen molar-refractivity contribution >= 4 is 11.5 Å². The number of ketones is 1. The summed E-state index contributed by atoms with van der Waals surface area (Å²) in [7, 11) is 0.